The average molecular weight is 121 g/mol. The monoisotopic (exact) mass is 121 g/mol. The van der Waals surface area contributed by atoms with Crippen molar-refractivity contribution < 1.29 is 0 Å². The van der Waals surface area contributed by atoms with Gasteiger partial charge in [-0.3, -0.25) is 4.99 Å². The first-order valence-electron chi connectivity index (χ1n) is 2.96. The predicted octanol–water partition coefficient (Wildman–Crippen LogP) is 2.00. The highest BCUT2D eigenvalue weighted by Crippen LogP contribution is 1.93. The quantitative estimate of drug-likeness (QED) is 0.391. The number of hydrogen-bond donors (Lipinski definition) is 0. The van der Waals surface area contributed by atoms with Crippen LogP contribution in [0.2, 0.25) is 0 Å². The van der Waals surface area contributed by atoms with Crippen molar-refractivity contribution in [3.8, 4) is 12.3 Å². The van der Waals surface area contributed by atoms with Gasteiger partial charge in [0.05, 0.1) is 6.21 Å². The van der Waals surface area contributed by atoms with E-state index in [1.807, 2.05) is 13.0 Å². The summed E-state index contributed by atoms with van der Waals surface area (Å²) in [5.41, 5.74) is 0.982. The van der Waals surface area contributed by atoms with Crippen molar-refractivity contribution in [2.45, 2.75) is 20.3 Å². The maximum absolute atomic E-state index is 4.95. The van der Waals surface area contributed by atoms with E-state index in [2.05, 4.69) is 17.8 Å². The van der Waals surface area contributed by atoms with Gasteiger partial charge in [0, 0.05) is 5.70 Å². The molecule has 48 valence electrons. The maximum Gasteiger partial charge on any atom is 0.0766 e. The fourth-order valence-electron chi connectivity index (χ4n) is 0.487. The van der Waals surface area contributed by atoms with E-state index >= 15 is 0 Å². The summed E-state index contributed by atoms with van der Waals surface area (Å²) in [6.45, 7) is 3.99. The van der Waals surface area contributed by atoms with Gasteiger partial charge < -0.3 is 0 Å². The molecule has 0 aromatic heterocycles. The molecular weight excluding hydrogens is 110 g/mol. The molecular formula is C8H11N. The third kappa shape index (κ3) is 4.83. The van der Waals surface area contributed by atoms with Gasteiger partial charge in [-0.25, -0.2) is 0 Å². The zero-order valence-corrected chi connectivity index (χ0v) is 5.89. The minimum atomic E-state index is 0.982. The molecule has 0 aliphatic heterocycles. The number of hydrogen-bond acceptors (Lipinski definition) is 1. The summed E-state index contributed by atoms with van der Waals surface area (Å²) in [6, 6.07) is 0. The highest BCUT2D eigenvalue weighted by atomic mass is 14.7. The summed E-state index contributed by atoms with van der Waals surface area (Å²) in [5.74, 6) is 2.32. The summed E-state index contributed by atoms with van der Waals surface area (Å²) < 4.78 is 0. The van der Waals surface area contributed by atoms with Crippen LogP contribution in [0.15, 0.2) is 16.8 Å². The van der Waals surface area contributed by atoms with Crippen molar-refractivity contribution in [2.75, 3.05) is 0 Å². The van der Waals surface area contributed by atoms with E-state index in [4.69, 9.17) is 6.42 Å². The fourth-order valence-corrected chi connectivity index (χ4v) is 0.487. The summed E-state index contributed by atoms with van der Waals surface area (Å²) in [6.07, 6.45) is 9.44. The van der Waals surface area contributed by atoms with Crippen LogP contribution in [0.5, 0.6) is 0 Å². The number of aliphatic imine (C=N–C) groups is 1. The van der Waals surface area contributed by atoms with Crippen LogP contribution in [0.25, 0.3) is 0 Å². The van der Waals surface area contributed by atoms with Crippen molar-refractivity contribution >= 4 is 6.21 Å². The van der Waals surface area contributed by atoms with Crippen LogP contribution in [0.1, 0.15) is 20.3 Å². The van der Waals surface area contributed by atoms with Gasteiger partial charge in [-0.1, -0.05) is 18.9 Å². The SMILES string of the molecule is C#CC=N/C(C)=C\CC. The molecule has 0 radical (unpaired) electrons. The molecule has 9 heavy (non-hydrogen) atoms. The summed E-state index contributed by atoms with van der Waals surface area (Å²) in [5, 5.41) is 0. The molecule has 0 aromatic carbocycles. The highest BCUT2D eigenvalue weighted by Gasteiger charge is 1.75. The molecule has 0 aliphatic rings. The second-order valence-electron chi connectivity index (χ2n) is 1.68. The Morgan fingerprint density at radius 2 is 2.44 bits per heavy atom. The first-order chi connectivity index (χ1) is 4.31. The summed E-state index contributed by atoms with van der Waals surface area (Å²) in [4.78, 5) is 3.93. The van der Waals surface area contributed by atoms with Gasteiger partial charge >= 0.3 is 0 Å². The predicted molar refractivity (Wildman–Crippen MR) is 41.4 cm³/mol. The van der Waals surface area contributed by atoms with E-state index in [1.54, 1.807) is 0 Å². The molecule has 0 N–H and O–H groups in total. The minimum Gasteiger partial charge on any atom is -0.253 e. The van der Waals surface area contributed by atoms with Crippen molar-refractivity contribution in [2.24, 2.45) is 4.99 Å². The van der Waals surface area contributed by atoms with Crippen molar-refractivity contribution in [3.63, 3.8) is 0 Å². The Labute approximate surface area is 56.5 Å². The molecule has 0 unspecified atom stereocenters. The third-order valence-electron chi connectivity index (χ3n) is 0.842. The van der Waals surface area contributed by atoms with Gasteiger partial charge in [0.1, 0.15) is 0 Å². The number of allylic oxidation sites excluding steroid dienone is 2. The minimum absolute atomic E-state index is 0.982. The molecule has 0 saturated carbocycles. The molecule has 0 fully saturated rings. The average Bonchev–Trinajstić information content (AvgIpc) is 1.85. The molecule has 0 amide bonds. The Kier molecular flexibility index (Phi) is 4.53. The van der Waals surface area contributed by atoms with Crippen LogP contribution < -0.4 is 0 Å². The number of rotatable bonds is 2. The highest BCUT2D eigenvalue weighted by molar-refractivity contribution is 5.77. The summed E-state index contributed by atoms with van der Waals surface area (Å²) in [7, 11) is 0. The van der Waals surface area contributed by atoms with Crippen LogP contribution in [0, 0.1) is 12.3 Å². The van der Waals surface area contributed by atoms with Gasteiger partial charge in [0.15, 0.2) is 0 Å². The third-order valence-corrected chi connectivity index (χ3v) is 0.842. The van der Waals surface area contributed by atoms with Crippen LogP contribution in [-0.2, 0) is 0 Å². The first kappa shape index (κ1) is 7.97. The topological polar surface area (TPSA) is 12.4 Å². The molecule has 0 rings (SSSR count). The Hall–Kier alpha value is -1.03. The maximum atomic E-state index is 4.95. The van der Waals surface area contributed by atoms with E-state index in [-0.39, 0.29) is 0 Å². The van der Waals surface area contributed by atoms with Gasteiger partial charge in [-0.05, 0) is 13.3 Å². The van der Waals surface area contributed by atoms with E-state index in [0.29, 0.717) is 0 Å². The molecule has 0 spiro atoms. The molecule has 1 nitrogen and oxygen atoms in total. The van der Waals surface area contributed by atoms with Gasteiger partial charge in [-0.15, -0.1) is 6.42 Å². The largest absolute Gasteiger partial charge is 0.253 e. The Morgan fingerprint density at radius 1 is 1.78 bits per heavy atom. The van der Waals surface area contributed by atoms with E-state index in [0.717, 1.165) is 12.1 Å². The van der Waals surface area contributed by atoms with Crippen molar-refractivity contribution in [3.05, 3.63) is 11.8 Å². The van der Waals surface area contributed by atoms with Gasteiger partial charge in [-0.2, -0.15) is 0 Å². The first-order valence-corrected chi connectivity index (χ1v) is 2.96. The normalized spacial score (nSPS) is 11.9. The second-order valence-corrected chi connectivity index (χ2v) is 1.68. The fraction of sp³-hybridized carbons (Fsp3) is 0.375. The number of terminal acetylenes is 1. The smallest absolute Gasteiger partial charge is 0.0766 e. The van der Waals surface area contributed by atoms with Crippen molar-refractivity contribution in [1.82, 2.24) is 0 Å². The lowest BCUT2D eigenvalue weighted by molar-refractivity contribution is 1.16. The molecule has 0 atom stereocenters. The molecule has 0 heterocycles. The molecule has 0 aliphatic carbocycles. The zero-order chi connectivity index (χ0) is 7.11. The van der Waals surface area contributed by atoms with E-state index < -0.39 is 0 Å². The Balaban J connectivity index is 3.78. The lowest BCUT2D eigenvalue weighted by Gasteiger charge is -1.85. The molecule has 1 heteroatoms. The van der Waals surface area contributed by atoms with Gasteiger partial charge in [0.2, 0.25) is 0 Å². The van der Waals surface area contributed by atoms with Crippen LogP contribution in [-0.4, -0.2) is 6.21 Å². The van der Waals surface area contributed by atoms with Gasteiger partial charge in [0.25, 0.3) is 0 Å². The zero-order valence-electron chi connectivity index (χ0n) is 5.89. The lowest BCUT2D eigenvalue weighted by Crippen LogP contribution is -1.69. The molecule has 0 saturated heterocycles. The van der Waals surface area contributed by atoms with E-state index in [1.165, 1.54) is 6.21 Å². The lowest BCUT2D eigenvalue weighted by atomic mass is 10.4. The summed E-state index contributed by atoms with van der Waals surface area (Å²) >= 11 is 0. The van der Waals surface area contributed by atoms with Crippen LogP contribution in [0.4, 0.5) is 0 Å². The second kappa shape index (κ2) is 5.11. The van der Waals surface area contributed by atoms with E-state index in [9.17, 15) is 0 Å². The Morgan fingerprint density at radius 3 is 2.89 bits per heavy atom. The van der Waals surface area contributed by atoms with Crippen molar-refractivity contribution in [1.29, 1.82) is 0 Å². The standard InChI is InChI=1S/C8H11N/c1-4-6-8(3)9-7-5-2/h2,6-7H,4H2,1,3H3/b8-6-,9-7?. The number of nitrogens with zero attached hydrogens (tertiary/aromatic N) is 1. The molecule has 0 aromatic rings. The Bertz CT molecular complexity index is 158. The van der Waals surface area contributed by atoms with Crippen LogP contribution in [0.3, 0.4) is 0 Å². The van der Waals surface area contributed by atoms with Crippen LogP contribution >= 0.6 is 0 Å². The molecule has 0 bridgehead atoms.